The standard InChI is InChI=1S/C15H16N4O2/c1-3-7-21-11-6-4-5-10(8-11)12-9-13(14(20)17-2)19-15(16)18-12/h3-6,8-9H,1,7H2,2H3,(H,17,20)(H2,16,18,19). The van der Waals surface area contributed by atoms with E-state index >= 15 is 0 Å². The van der Waals surface area contributed by atoms with Crippen molar-refractivity contribution in [1.82, 2.24) is 15.3 Å². The molecule has 0 spiro atoms. The van der Waals surface area contributed by atoms with E-state index in [-0.39, 0.29) is 17.5 Å². The molecule has 0 radical (unpaired) electrons. The second-order valence-electron chi connectivity index (χ2n) is 4.20. The predicted molar refractivity (Wildman–Crippen MR) is 81.0 cm³/mol. The molecule has 0 bridgehead atoms. The van der Waals surface area contributed by atoms with Crippen molar-refractivity contribution in [3.63, 3.8) is 0 Å². The number of nitrogens with two attached hydrogens (primary N) is 1. The Hall–Kier alpha value is -2.89. The Bertz CT molecular complexity index is 670. The van der Waals surface area contributed by atoms with Crippen molar-refractivity contribution in [2.24, 2.45) is 0 Å². The number of carbonyl (C=O) groups is 1. The summed E-state index contributed by atoms with van der Waals surface area (Å²) < 4.78 is 5.47. The second-order valence-corrected chi connectivity index (χ2v) is 4.20. The smallest absolute Gasteiger partial charge is 0.269 e. The summed E-state index contributed by atoms with van der Waals surface area (Å²) in [7, 11) is 1.53. The van der Waals surface area contributed by atoms with E-state index in [1.54, 1.807) is 12.1 Å². The van der Waals surface area contributed by atoms with Crippen LogP contribution < -0.4 is 15.8 Å². The minimum atomic E-state index is -0.315. The molecule has 6 heteroatoms. The summed E-state index contributed by atoms with van der Waals surface area (Å²) in [6.07, 6.45) is 1.67. The molecule has 1 amide bonds. The molecule has 0 saturated heterocycles. The predicted octanol–water partition coefficient (Wildman–Crippen LogP) is 1.65. The van der Waals surface area contributed by atoms with Gasteiger partial charge in [-0.3, -0.25) is 4.79 Å². The fraction of sp³-hybridized carbons (Fsp3) is 0.133. The van der Waals surface area contributed by atoms with Gasteiger partial charge >= 0.3 is 0 Å². The first-order valence-electron chi connectivity index (χ1n) is 6.35. The quantitative estimate of drug-likeness (QED) is 0.815. The molecular weight excluding hydrogens is 268 g/mol. The van der Waals surface area contributed by atoms with E-state index in [2.05, 4.69) is 21.9 Å². The number of nitrogens with zero attached hydrogens (tertiary/aromatic N) is 2. The van der Waals surface area contributed by atoms with E-state index in [1.165, 1.54) is 7.05 Å². The number of nitrogen functional groups attached to an aromatic ring is 1. The third-order valence-electron chi connectivity index (χ3n) is 2.70. The fourth-order valence-corrected chi connectivity index (χ4v) is 1.76. The third kappa shape index (κ3) is 3.56. The third-order valence-corrected chi connectivity index (χ3v) is 2.70. The molecule has 0 fully saturated rings. The van der Waals surface area contributed by atoms with Crippen LogP contribution in [0, 0.1) is 0 Å². The van der Waals surface area contributed by atoms with Crippen molar-refractivity contribution in [2.75, 3.05) is 19.4 Å². The first-order valence-corrected chi connectivity index (χ1v) is 6.35. The first-order chi connectivity index (χ1) is 10.1. The van der Waals surface area contributed by atoms with E-state index in [9.17, 15) is 4.79 Å². The summed E-state index contributed by atoms with van der Waals surface area (Å²) in [5.74, 6) is 0.416. The lowest BCUT2D eigenvalue weighted by Gasteiger charge is -2.08. The van der Waals surface area contributed by atoms with Crippen LogP contribution in [0.4, 0.5) is 5.95 Å². The molecule has 1 aromatic heterocycles. The zero-order valence-electron chi connectivity index (χ0n) is 11.7. The lowest BCUT2D eigenvalue weighted by atomic mass is 10.1. The highest BCUT2D eigenvalue weighted by Gasteiger charge is 2.10. The van der Waals surface area contributed by atoms with Crippen LogP contribution in [-0.4, -0.2) is 29.5 Å². The molecule has 21 heavy (non-hydrogen) atoms. The molecule has 0 atom stereocenters. The van der Waals surface area contributed by atoms with Gasteiger partial charge in [0.05, 0.1) is 5.69 Å². The lowest BCUT2D eigenvalue weighted by molar-refractivity contribution is 0.0958. The molecule has 0 aliphatic rings. The number of rotatable bonds is 5. The average molecular weight is 284 g/mol. The van der Waals surface area contributed by atoms with Gasteiger partial charge in [-0.25, -0.2) is 9.97 Å². The number of hydrogen-bond acceptors (Lipinski definition) is 5. The van der Waals surface area contributed by atoms with Crippen molar-refractivity contribution in [3.8, 4) is 17.0 Å². The van der Waals surface area contributed by atoms with Gasteiger partial charge < -0.3 is 15.8 Å². The highest BCUT2D eigenvalue weighted by Crippen LogP contribution is 2.23. The van der Waals surface area contributed by atoms with Crippen LogP contribution in [0.2, 0.25) is 0 Å². The Morgan fingerprint density at radius 1 is 1.43 bits per heavy atom. The minimum Gasteiger partial charge on any atom is -0.490 e. The highest BCUT2D eigenvalue weighted by atomic mass is 16.5. The Labute approximate surface area is 122 Å². The van der Waals surface area contributed by atoms with Gasteiger partial charge in [-0.2, -0.15) is 0 Å². The number of carbonyl (C=O) groups excluding carboxylic acids is 1. The number of nitrogens with one attached hydrogen (secondary N) is 1. The van der Waals surface area contributed by atoms with Gasteiger partial charge in [0.1, 0.15) is 18.1 Å². The van der Waals surface area contributed by atoms with Crippen LogP contribution in [0.3, 0.4) is 0 Å². The Kier molecular flexibility index (Phi) is 4.50. The van der Waals surface area contributed by atoms with E-state index < -0.39 is 0 Å². The molecule has 0 aliphatic heterocycles. The summed E-state index contributed by atoms with van der Waals surface area (Å²) in [5, 5.41) is 2.51. The SMILES string of the molecule is C=CCOc1cccc(-c2cc(C(=O)NC)nc(N)n2)c1. The molecule has 6 nitrogen and oxygen atoms in total. The summed E-state index contributed by atoms with van der Waals surface area (Å²) in [4.78, 5) is 19.7. The van der Waals surface area contributed by atoms with E-state index in [1.807, 2.05) is 24.3 Å². The number of hydrogen-bond donors (Lipinski definition) is 2. The van der Waals surface area contributed by atoms with Crippen LogP contribution in [0.15, 0.2) is 43.0 Å². The molecule has 0 unspecified atom stereocenters. The van der Waals surface area contributed by atoms with Gasteiger partial charge in [-0.15, -0.1) is 0 Å². The highest BCUT2D eigenvalue weighted by molar-refractivity contribution is 5.93. The fourth-order valence-electron chi connectivity index (χ4n) is 1.76. The lowest BCUT2D eigenvalue weighted by Crippen LogP contribution is -2.20. The van der Waals surface area contributed by atoms with E-state index in [0.29, 0.717) is 18.1 Å². The van der Waals surface area contributed by atoms with Gasteiger partial charge in [-0.05, 0) is 18.2 Å². The Balaban J connectivity index is 2.39. The van der Waals surface area contributed by atoms with Crippen LogP contribution >= 0.6 is 0 Å². The monoisotopic (exact) mass is 284 g/mol. The van der Waals surface area contributed by atoms with Gasteiger partial charge in [-0.1, -0.05) is 24.8 Å². The number of anilines is 1. The molecule has 0 saturated carbocycles. The van der Waals surface area contributed by atoms with Crippen molar-refractivity contribution in [3.05, 3.63) is 48.7 Å². The molecule has 108 valence electrons. The summed E-state index contributed by atoms with van der Waals surface area (Å²) >= 11 is 0. The second kappa shape index (κ2) is 6.51. The molecule has 2 rings (SSSR count). The summed E-state index contributed by atoms with van der Waals surface area (Å²) in [6.45, 7) is 4.02. The molecule has 2 aromatic rings. The number of aromatic nitrogens is 2. The largest absolute Gasteiger partial charge is 0.490 e. The summed E-state index contributed by atoms with van der Waals surface area (Å²) in [6, 6.07) is 8.93. The first kappa shape index (κ1) is 14.5. The Morgan fingerprint density at radius 3 is 2.95 bits per heavy atom. The number of ether oxygens (including phenoxy) is 1. The summed E-state index contributed by atoms with van der Waals surface area (Å²) in [5.41, 5.74) is 7.23. The van der Waals surface area contributed by atoms with Crippen molar-refractivity contribution < 1.29 is 9.53 Å². The maximum Gasteiger partial charge on any atom is 0.269 e. The minimum absolute atomic E-state index is 0.0449. The average Bonchev–Trinajstić information content (AvgIpc) is 2.51. The molecular formula is C15H16N4O2. The molecule has 1 heterocycles. The van der Waals surface area contributed by atoms with Crippen LogP contribution in [-0.2, 0) is 0 Å². The van der Waals surface area contributed by atoms with Crippen LogP contribution in [0.25, 0.3) is 11.3 Å². The van der Waals surface area contributed by atoms with E-state index in [0.717, 1.165) is 5.56 Å². The maximum absolute atomic E-state index is 11.7. The van der Waals surface area contributed by atoms with Crippen molar-refractivity contribution in [1.29, 1.82) is 0 Å². The molecule has 1 aromatic carbocycles. The van der Waals surface area contributed by atoms with Crippen molar-refractivity contribution in [2.45, 2.75) is 0 Å². The van der Waals surface area contributed by atoms with Crippen LogP contribution in [0.1, 0.15) is 10.5 Å². The van der Waals surface area contributed by atoms with Gasteiger partial charge in [0.25, 0.3) is 5.91 Å². The van der Waals surface area contributed by atoms with Crippen molar-refractivity contribution >= 4 is 11.9 Å². The maximum atomic E-state index is 11.7. The normalized spacial score (nSPS) is 9.95. The zero-order chi connectivity index (χ0) is 15.2. The van der Waals surface area contributed by atoms with Gasteiger partial charge in [0.15, 0.2) is 0 Å². The number of amides is 1. The van der Waals surface area contributed by atoms with Gasteiger partial charge in [0, 0.05) is 12.6 Å². The Morgan fingerprint density at radius 2 is 2.24 bits per heavy atom. The zero-order valence-corrected chi connectivity index (χ0v) is 11.7. The topological polar surface area (TPSA) is 90.1 Å². The van der Waals surface area contributed by atoms with E-state index in [4.69, 9.17) is 10.5 Å². The van der Waals surface area contributed by atoms with Gasteiger partial charge in [0.2, 0.25) is 5.95 Å². The molecule has 0 aliphatic carbocycles. The molecule has 3 N–H and O–H groups in total. The van der Waals surface area contributed by atoms with Crippen LogP contribution in [0.5, 0.6) is 5.75 Å². The number of benzene rings is 1.